The van der Waals surface area contributed by atoms with E-state index >= 15 is 0 Å². The molecule has 0 aliphatic carbocycles. The molecule has 4 heteroatoms. The van der Waals surface area contributed by atoms with Crippen molar-refractivity contribution in [2.24, 2.45) is 0 Å². The van der Waals surface area contributed by atoms with E-state index in [1.54, 1.807) is 24.8 Å². The Labute approximate surface area is 161 Å². The van der Waals surface area contributed by atoms with Gasteiger partial charge in [-0.2, -0.15) is 0 Å². The molecule has 27 heavy (non-hydrogen) atoms. The highest BCUT2D eigenvalue weighted by molar-refractivity contribution is 7.99. The van der Waals surface area contributed by atoms with Gasteiger partial charge in [0, 0.05) is 26.5 Å². The van der Waals surface area contributed by atoms with Gasteiger partial charge in [0.1, 0.15) is 5.58 Å². The summed E-state index contributed by atoms with van der Waals surface area (Å²) in [6.07, 6.45) is 0. The molecule has 0 spiro atoms. The summed E-state index contributed by atoms with van der Waals surface area (Å²) < 4.78 is 5.67. The summed E-state index contributed by atoms with van der Waals surface area (Å²) in [4.78, 5) is 14.8. The van der Waals surface area contributed by atoms with Crippen molar-refractivity contribution in [3.05, 3.63) is 95.7 Å². The average Bonchev–Trinajstić information content (AvgIpc) is 3.13. The zero-order chi connectivity index (χ0) is 18.8. The summed E-state index contributed by atoms with van der Waals surface area (Å²) in [7, 11) is 0. The molecule has 0 fully saturated rings. The van der Waals surface area contributed by atoms with Crippen LogP contribution >= 0.6 is 11.8 Å². The predicted molar refractivity (Wildman–Crippen MR) is 109 cm³/mol. The van der Waals surface area contributed by atoms with Crippen molar-refractivity contribution in [3.63, 3.8) is 0 Å². The van der Waals surface area contributed by atoms with Crippen LogP contribution in [0, 0.1) is 5.41 Å². The zero-order valence-corrected chi connectivity index (χ0v) is 15.5. The van der Waals surface area contributed by atoms with E-state index in [-0.39, 0.29) is 5.78 Å². The third-order valence-corrected chi connectivity index (χ3v) is 5.30. The van der Waals surface area contributed by atoms with Gasteiger partial charge in [-0.3, -0.25) is 4.79 Å². The number of carbonyl (C=O) groups is 1. The first-order chi connectivity index (χ1) is 13.1. The quantitative estimate of drug-likeness (QED) is 0.335. The lowest BCUT2D eigenvalue weighted by Gasteiger charge is -2.04. The van der Waals surface area contributed by atoms with Crippen molar-refractivity contribution in [1.29, 1.82) is 5.41 Å². The van der Waals surface area contributed by atoms with Crippen LogP contribution in [0.15, 0.2) is 93.1 Å². The number of furan rings is 1. The Hall–Kier alpha value is -3.11. The predicted octanol–water partition coefficient (Wildman–Crippen LogP) is 6.20. The number of carbonyl (C=O) groups excluding carboxylic acids is 1. The van der Waals surface area contributed by atoms with E-state index in [1.807, 2.05) is 72.8 Å². The first kappa shape index (κ1) is 17.3. The lowest BCUT2D eigenvalue weighted by Crippen LogP contribution is -1.98. The third-order valence-electron chi connectivity index (χ3n) is 4.29. The van der Waals surface area contributed by atoms with Gasteiger partial charge in [-0.15, -0.1) is 0 Å². The highest BCUT2D eigenvalue weighted by atomic mass is 32.2. The molecule has 0 bridgehead atoms. The molecule has 0 radical (unpaired) electrons. The maximum Gasteiger partial charge on any atom is 0.228 e. The summed E-state index contributed by atoms with van der Waals surface area (Å²) in [5.41, 5.74) is 2.80. The highest BCUT2D eigenvalue weighted by Crippen LogP contribution is 2.29. The van der Waals surface area contributed by atoms with Crippen molar-refractivity contribution >= 4 is 34.2 Å². The van der Waals surface area contributed by atoms with Crippen LogP contribution in [0.2, 0.25) is 0 Å². The molecule has 132 valence electrons. The Morgan fingerprint density at radius 2 is 1.44 bits per heavy atom. The van der Waals surface area contributed by atoms with Crippen molar-refractivity contribution < 1.29 is 9.21 Å². The molecule has 1 N–H and O–H groups in total. The second-order valence-electron chi connectivity index (χ2n) is 6.25. The second kappa shape index (κ2) is 7.25. The molecule has 0 unspecified atom stereocenters. The van der Waals surface area contributed by atoms with Crippen molar-refractivity contribution in [3.8, 4) is 0 Å². The lowest BCUT2D eigenvalue weighted by atomic mass is 10.1. The number of ketones is 1. The van der Waals surface area contributed by atoms with Crippen LogP contribution < -0.4 is 0 Å². The fourth-order valence-electron chi connectivity index (χ4n) is 2.82. The van der Waals surface area contributed by atoms with E-state index in [1.165, 1.54) is 0 Å². The molecule has 0 amide bonds. The number of nitrogens with one attached hydrogen (secondary N) is 1. The Morgan fingerprint density at radius 3 is 2.04 bits per heavy atom. The molecular formula is C23H17NO2S. The van der Waals surface area contributed by atoms with Gasteiger partial charge in [-0.1, -0.05) is 42.1 Å². The largest absolute Gasteiger partial charge is 0.453 e. The summed E-state index contributed by atoms with van der Waals surface area (Å²) in [6, 6.07) is 24.8. The van der Waals surface area contributed by atoms with Crippen molar-refractivity contribution in [1.82, 2.24) is 0 Å². The van der Waals surface area contributed by atoms with Gasteiger partial charge < -0.3 is 9.83 Å². The maximum absolute atomic E-state index is 12.7. The van der Waals surface area contributed by atoms with E-state index < -0.39 is 0 Å². The van der Waals surface area contributed by atoms with E-state index in [2.05, 4.69) is 0 Å². The number of hydrogen-bond acceptors (Lipinski definition) is 4. The molecule has 0 saturated carbocycles. The maximum atomic E-state index is 12.7. The number of benzene rings is 3. The minimum Gasteiger partial charge on any atom is -0.453 e. The van der Waals surface area contributed by atoms with Gasteiger partial charge in [0.15, 0.2) is 5.76 Å². The molecule has 0 atom stereocenters. The van der Waals surface area contributed by atoms with E-state index in [0.717, 1.165) is 26.3 Å². The monoisotopic (exact) mass is 371 g/mol. The molecule has 1 aromatic heterocycles. The fraction of sp³-hybridized carbons (Fsp3) is 0.0435. The normalized spacial score (nSPS) is 10.9. The number of para-hydroxylation sites is 1. The fourth-order valence-corrected chi connectivity index (χ4v) is 3.64. The van der Waals surface area contributed by atoms with Gasteiger partial charge in [-0.05, 0) is 61.0 Å². The van der Waals surface area contributed by atoms with Gasteiger partial charge in [0.25, 0.3) is 0 Å². The Kier molecular flexibility index (Phi) is 4.65. The molecule has 0 aliphatic rings. The Bertz CT molecular complexity index is 1090. The topological polar surface area (TPSA) is 54.1 Å². The Balaban J connectivity index is 1.51. The third kappa shape index (κ3) is 3.71. The molecular weight excluding hydrogens is 354 g/mol. The number of rotatable bonds is 5. The SMILES string of the molecule is CC(=N)c1ccc(Sc2ccc(C(=O)c3cc4ccccc4o3)cc2)cc1. The summed E-state index contributed by atoms with van der Waals surface area (Å²) in [5.74, 6) is 0.239. The first-order valence-corrected chi connectivity index (χ1v) is 9.38. The first-order valence-electron chi connectivity index (χ1n) is 8.57. The lowest BCUT2D eigenvalue weighted by molar-refractivity contribution is 0.101. The Morgan fingerprint density at radius 1 is 0.852 bits per heavy atom. The van der Waals surface area contributed by atoms with Gasteiger partial charge in [0.2, 0.25) is 5.78 Å². The average molecular weight is 371 g/mol. The molecule has 4 aromatic rings. The molecule has 3 aromatic carbocycles. The minimum atomic E-state index is -0.117. The molecule has 1 heterocycles. The highest BCUT2D eigenvalue weighted by Gasteiger charge is 2.14. The van der Waals surface area contributed by atoms with Crippen molar-refractivity contribution in [2.75, 3.05) is 0 Å². The second-order valence-corrected chi connectivity index (χ2v) is 7.40. The molecule has 3 nitrogen and oxygen atoms in total. The molecule has 0 saturated heterocycles. The van der Waals surface area contributed by atoms with Crippen LogP contribution in [-0.2, 0) is 0 Å². The minimum absolute atomic E-state index is 0.117. The van der Waals surface area contributed by atoms with E-state index in [9.17, 15) is 4.79 Å². The summed E-state index contributed by atoms with van der Waals surface area (Å²) >= 11 is 1.62. The molecule has 4 rings (SSSR count). The summed E-state index contributed by atoms with van der Waals surface area (Å²) in [5, 5.41) is 8.58. The van der Waals surface area contributed by atoms with Crippen molar-refractivity contribution in [2.45, 2.75) is 16.7 Å². The number of fused-ring (bicyclic) bond motifs is 1. The van der Waals surface area contributed by atoms with Crippen LogP contribution in [0.4, 0.5) is 0 Å². The van der Waals surface area contributed by atoms with Gasteiger partial charge >= 0.3 is 0 Å². The smallest absolute Gasteiger partial charge is 0.228 e. The van der Waals surface area contributed by atoms with Crippen LogP contribution in [0.5, 0.6) is 0 Å². The molecule has 0 aliphatic heterocycles. The van der Waals surface area contributed by atoms with Crippen LogP contribution in [0.1, 0.15) is 28.6 Å². The van der Waals surface area contributed by atoms with Crippen LogP contribution in [0.3, 0.4) is 0 Å². The van der Waals surface area contributed by atoms with Crippen LogP contribution in [-0.4, -0.2) is 11.5 Å². The summed E-state index contributed by atoms with van der Waals surface area (Å²) in [6.45, 7) is 1.78. The van der Waals surface area contributed by atoms with Gasteiger partial charge in [-0.25, -0.2) is 0 Å². The standard InChI is InChI=1S/C23H17NO2S/c1-15(24)16-6-10-19(11-7-16)27-20-12-8-17(9-13-20)23(25)22-14-18-4-2-3-5-21(18)26-22/h2-14,24H,1H3. The van der Waals surface area contributed by atoms with Crippen LogP contribution in [0.25, 0.3) is 11.0 Å². The van der Waals surface area contributed by atoms with E-state index in [0.29, 0.717) is 17.0 Å². The van der Waals surface area contributed by atoms with Gasteiger partial charge in [0.05, 0.1) is 0 Å². The number of hydrogen-bond donors (Lipinski definition) is 1. The zero-order valence-electron chi connectivity index (χ0n) is 14.7. The van der Waals surface area contributed by atoms with E-state index in [4.69, 9.17) is 9.83 Å².